The maximum atomic E-state index is 10.4. The highest BCUT2D eigenvalue weighted by Gasteiger charge is 2.15. The molecule has 2 rings (SSSR count). The fraction of sp³-hybridized carbons (Fsp3) is 0.455. The third-order valence-corrected chi connectivity index (χ3v) is 2.70. The van der Waals surface area contributed by atoms with Crippen molar-refractivity contribution >= 4 is 18.1 Å². The summed E-state index contributed by atoms with van der Waals surface area (Å²) in [7, 11) is 0. The van der Waals surface area contributed by atoms with Crippen LogP contribution < -0.4 is 10.1 Å². The minimum Gasteiger partial charge on any atom is -0.493 e. The van der Waals surface area contributed by atoms with E-state index in [9.17, 15) is 10.1 Å². The van der Waals surface area contributed by atoms with Gasteiger partial charge in [0.05, 0.1) is 11.5 Å². The Kier molecular flexibility index (Phi) is 5.18. The molecule has 0 aromatic heterocycles. The van der Waals surface area contributed by atoms with Gasteiger partial charge in [-0.25, -0.2) is 0 Å². The summed E-state index contributed by atoms with van der Waals surface area (Å²) in [6.07, 6.45) is 1.13. The lowest BCUT2D eigenvalue weighted by molar-refractivity contribution is -0.384. The second-order valence-electron chi connectivity index (χ2n) is 3.92. The summed E-state index contributed by atoms with van der Waals surface area (Å²) in [6, 6.07) is 6.20. The fourth-order valence-electron chi connectivity index (χ4n) is 1.73. The Morgan fingerprint density at radius 1 is 1.41 bits per heavy atom. The van der Waals surface area contributed by atoms with Gasteiger partial charge in [0, 0.05) is 24.6 Å². The van der Waals surface area contributed by atoms with Gasteiger partial charge in [0.2, 0.25) is 0 Å². The second kappa shape index (κ2) is 6.42. The van der Waals surface area contributed by atoms with Gasteiger partial charge in [-0.15, -0.1) is 12.4 Å². The quantitative estimate of drug-likeness (QED) is 0.663. The first kappa shape index (κ1) is 13.7. The van der Waals surface area contributed by atoms with Crippen LogP contribution in [0.4, 0.5) is 5.69 Å². The number of hydrogen-bond acceptors (Lipinski definition) is 4. The lowest BCUT2D eigenvalue weighted by Crippen LogP contribution is -2.15. The summed E-state index contributed by atoms with van der Waals surface area (Å²) in [6.45, 7) is 2.71. The van der Waals surface area contributed by atoms with E-state index >= 15 is 0 Å². The number of nitro groups is 1. The molecule has 1 unspecified atom stereocenters. The number of halogens is 1. The van der Waals surface area contributed by atoms with Crippen molar-refractivity contribution in [1.29, 1.82) is 0 Å². The minimum absolute atomic E-state index is 0. The van der Waals surface area contributed by atoms with Crippen molar-refractivity contribution in [2.24, 2.45) is 5.92 Å². The van der Waals surface area contributed by atoms with E-state index in [1.807, 2.05) is 0 Å². The first-order chi connectivity index (χ1) is 7.75. The van der Waals surface area contributed by atoms with Crippen LogP contribution in [0.3, 0.4) is 0 Å². The molecule has 1 aromatic rings. The van der Waals surface area contributed by atoms with Crippen molar-refractivity contribution in [3.63, 3.8) is 0 Å². The van der Waals surface area contributed by atoms with Gasteiger partial charge in [-0.1, -0.05) is 0 Å². The molecule has 0 bridgehead atoms. The standard InChI is InChI=1S/C11H14N2O3.ClH/c14-13(15)10-1-3-11(4-2-10)16-8-9-5-6-12-7-9;/h1-4,9,12H,5-8H2;1H. The number of nitrogens with one attached hydrogen (secondary N) is 1. The van der Waals surface area contributed by atoms with Crippen LogP contribution in [0, 0.1) is 16.0 Å². The van der Waals surface area contributed by atoms with Gasteiger partial charge in [0.1, 0.15) is 5.75 Å². The Labute approximate surface area is 106 Å². The van der Waals surface area contributed by atoms with E-state index in [4.69, 9.17) is 4.74 Å². The van der Waals surface area contributed by atoms with Gasteiger partial charge in [-0.3, -0.25) is 10.1 Å². The van der Waals surface area contributed by atoms with Crippen molar-refractivity contribution in [3.05, 3.63) is 34.4 Å². The summed E-state index contributed by atoms with van der Waals surface area (Å²) in [4.78, 5) is 10.0. The van der Waals surface area contributed by atoms with E-state index in [0.717, 1.165) is 19.5 Å². The molecule has 94 valence electrons. The number of rotatable bonds is 4. The molecule has 0 amide bonds. The monoisotopic (exact) mass is 258 g/mol. The number of non-ortho nitro benzene ring substituents is 1. The van der Waals surface area contributed by atoms with Crippen molar-refractivity contribution < 1.29 is 9.66 Å². The predicted octanol–water partition coefficient (Wildman–Crippen LogP) is 2.00. The largest absolute Gasteiger partial charge is 0.493 e. The van der Waals surface area contributed by atoms with Crippen LogP contribution in [0.25, 0.3) is 0 Å². The van der Waals surface area contributed by atoms with Crippen LogP contribution in [-0.2, 0) is 0 Å². The molecule has 0 saturated carbocycles. The Bertz CT molecular complexity index is 363. The first-order valence-electron chi connectivity index (χ1n) is 5.33. The van der Waals surface area contributed by atoms with Gasteiger partial charge in [-0.05, 0) is 25.1 Å². The lowest BCUT2D eigenvalue weighted by Gasteiger charge is -2.10. The maximum Gasteiger partial charge on any atom is 0.269 e. The van der Waals surface area contributed by atoms with Gasteiger partial charge in [-0.2, -0.15) is 0 Å². The van der Waals surface area contributed by atoms with Crippen LogP contribution in [0.5, 0.6) is 5.75 Å². The van der Waals surface area contributed by atoms with Gasteiger partial charge < -0.3 is 10.1 Å². The highest BCUT2D eigenvalue weighted by Crippen LogP contribution is 2.18. The number of nitrogens with zero attached hydrogens (tertiary/aromatic N) is 1. The van der Waals surface area contributed by atoms with Crippen molar-refractivity contribution in [2.45, 2.75) is 6.42 Å². The normalized spacial score (nSPS) is 18.5. The smallest absolute Gasteiger partial charge is 0.269 e. The van der Waals surface area contributed by atoms with Gasteiger partial charge in [0.25, 0.3) is 5.69 Å². The Morgan fingerprint density at radius 2 is 2.12 bits per heavy atom. The molecule has 1 saturated heterocycles. The van der Waals surface area contributed by atoms with Crippen LogP contribution in [0.1, 0.15) is 6.42 Å². The Hall–Kier alpha value is -1.33. The van der Waals surface area contributed by atoms with Gasteiger partial charge >= 0.3 is 0 Å². The molecule has 1 heterocycles. The molecule has 0 spiro atoms. The number of hydrogen-bond donors (Lipinski definition) is 1. The summed E-state index contributed by atoms with van der Waals surface area (Å²) in [5.74, 6) is 1.24. The van der Waals surface area contributed by atoms with E-state index in [0.29, 0.717) is 18.3 Å². The molecule has 1 N–H and O–H groups in total. The summed E-state index contributed by atoms with van der Waals surface area (Å²) in [5, 5.41) is 13.7. The molecule has 0 aliphatic carbocycles. The molecule has 17 heavy (non-hydrogen) atoms. The molecule has 1 fully saturated rings. The average molecular weight is 259 g/mol. The van der Waals surface area contributed by atoms with E-state index in [1.54, 1.807) is 12.1 Å². The number of nitro benzene ring substituents is 1. The SMILES string of the molecule is Cl.O=[N+]([O-])c1ccc(OCC2CCNC2)cc1. The molecule has 1 atom stereocenters. The average Bonchev–Trinajstić information content (AvgIpc) is 2.80. The summed E-state index contributed by atoms with van der Waals surface area (Å²) >= 11 is 0. The third kappa shape index (κ3) is 3.87. The second-order valence-corrected chi connectivity index (χ2v) is 3.92. The van der Waals surface area contributed by atoms with Crippen LogP contribution in [-0.4, -0.2) is 24.6 Å². The highest BCUT2D eigenvalue weighted by molar-refractivity contribution is 5.85. The lowest BCUT2D eigenvalue weighted by atomic mass is 10.1. The summed E-state index contributed by atoms with van der Waals surface area (Å²) in [5.41, 5.74) is 0.0925. The number of benzene rings is 1. The molecule has 0 radical (unpaired) electrons. The molecule has 1 aromatic carbocycles. The Balaban J connectivity index is 0.00000144. The molecule has 1 aliphatic heterocycles. The van der Waals surface area contributed by atoms with Gasteiger partial charge in [0.15, 0.2) is 0 Å². The molecular weight excluding hydrogens is 244 g/mol. The molecule has 5 nitrogen and oxygen atoms in total. The molecule has 1 aliphatic rings. The zero-order valence-electron chi connectivity index (χ0n) is 9.30. The fourth-order valence-corrected chi connectivity index (χ4v) is 1.73. The van der Waals surface area contributed by atoms with E-state index < -0.39 is 4.92 Å². The highest BCUT2D eigenvalue weighted by atomic mass is 35.5. The van der Waals surface area contributed by atoms with E-state index in [1.165, 1.54) is 12.1 Å². The first-order valence-corrected chi connectivity index (χ1v) is 5.33. The maximum absolute atomic E-state index is 10.4. The Morgan fingerprint density at radius 3 is 2.65 bits per heavy atom. The molecule has 6 heteroatoms. The van der Waals surface area contributed by atoms with Crippen molar-refractivity contribution in [2.75, 3.05) is 19.7 Å². The van der Waals surface area contributed by atoms with Crippen LogP contribution in [0.2, 0.25) is 0 Å². The van der Waals surface area contributed by atoms with E-state index in [2.05, 4.69) is 5.32 Å². The zero-order valence-corrected chi connectivity index (χ0v) is 10.1. The predicted molar refractivity (Wildman–Crippen MR) is 66.8 cm³/mol. The van der Waals surface area contributed by atoms with Crippen LogP contribution >= 0.6 is 12.4 Å². The van der Waals surface area contributed by atoms with Crippen LogP contribution in [0.15, 0.2) is 24.3 Å². The minimum atomic E-state index is -0.412. The third-order valence-electron chi connectivity index (χ3n) is 2.70. The molecular formula is C11H15ClN2O3. The zero-order chi connectivity index (χ0) is 11.4. The van der Waals surface area contributed by atoms with E-state index in [-0.39, 0.29) is 18.1 Å². The van der Waals surface area contributed by atoms with Crippen molar-refractivity contribution in [3.8, 4) is 5.75 Å². The number of ether oxygens (including phenoxy) is 1. The summed E-state index contributed by atoms with van der Waals surface area (Å²) < 4.78 is 5.56. The van der Waals surface area contributed by atoms with Crippen molar-refractivity contribution in [1.82, 2.24) is 5.32 Å². The topological polar surface area (TPSA) is 64.4 Å².